The van der Waals surface area contributed by atoms with Crippen LogP contribution in [0.3, 0.4) is 0 Å². The molecule has 1 amide bonds. The second-order valence-electron chi connectivity index (χ2n) is 3.91. The van der Waals surface area contributed by atoms with Crippen molar-refractivity contribution >= 4 is 11.7 Å². The molecule has 5 nitrogen and oxygen atoms in total. The van der Waals surface area contributed by atoms with Gasteiger partial charge in [-0.1, -0.05) is 19.9 Å². The second kappa shape index (κ2) is 5.44. The number of rotatable bonds is 4. The van der Waals surface area contributed by atoms with E-state index in [1.165, 1.54) is 0 Å². The molecule has 2 aromatic rings. The van der Waals surface area contributed by atoms with Gasteiger partial charge in [-0.15, -0.1) is 0 Å². The van der Waals surface area contributed by atoms with Crippen LogP contribution in [0.1, 0.15) is 35.6 Å². The van der Waals surface area contributed by atoms with Gasteiger partial charge in [0.2, 0.25) is 0 Å². The number of aromatic amines is 1. The molecule has 0 bridgehead atoms. The average Bonchev–Trinajstić information content (AvgIpc) is 2.81. The van der Waals surface area contributed by atoms with Crippen LogP contribution < -0.4 is 5.32 Å². The van der Waals surface area contributed by atoms with Crippen LogP contribution in [0.4, 0.5) is 5.82 Å². The van der Waals surface area contributed by atoms with Gasteiger partial charge in [0.05, 0.1) is 0 Å². The minimum atomic E-state index is -0.237. The maximum atomic E-state index is 12.0. The number of nitrogens with one attached hydrogen (secondary N) is 2. The van der Waals surface area contributed by atoms with Crippen LogP contribution in [0, 0.1) is 0 Å². The van der Waals surface area contributed by atoms with Crippen LogP contribution in [-0.2, 0) is 12.8 Å². The third-order valence-corrected chi connectivity index (χ3v) is 2.79. The number of carbonyl (C=O) groups excluding carboxylic acids is 1. The molecule has 0 radical (unpaired) electrons. The maximum Gasteiger partial charge on any atom is 0.275 e. The van der Waals surface area contributed by atoms with E-state index in [1.807, 2.05) is 6.92 Å². The molecule has 0 aliphatic carbocycles. The normalized spacial score (nSPS) is 10.3. The smallest absolute Gasteiger partial charge is 0.275 e. The number of aromatic nitrogens is 3. The molecule has 5 heteroatoms. The van der Waals surface area contributed by atoms with Crippen LogP contribution in [0.25, 0.3) is 0 Å². The first kappa shape index (κ1) is 12.3. The lowest BCUT2D eigenvalue weighted by molar-refractivity contribution is 0.102. The van der Waals surface area contributed by atoms with Crippen molar-refractivity contribution in [3.63, 3.8) is 0 Å². The number of anilines is 1. The fraction of sp³-hybridized carbons (Fsp3) is 0.308. The zero-order valence-corrected chi connectivity index (χ0v) is 10.5. The van der Waals surface area contributed by atoms with Gasteiger partial charge in [-0.2, -0.15) is 5.10 Å². The van der Waals surface area contributed by atoms with E-state index in [0.29, 0.717) is 11.5 Å². The van der Waals surface area contributed by atoms with Gasteiger partial charge in [-0.3, -0.25) is 14.9 Å². The Morgan fingerprint density at radius 3 is 2.78 bits per heavy atom. The summed E-state index contributed by atoms with van der Waals surface area (Å²) in [4.78, 5) is 16.0. The molecule has 2 rings (SSSR count). The van der Waals surface area contributed by atoms with Crippen LogP contribution in [0.2, 0.25) is 0 Å². The summed E-state index contributed by atoms with van der Waals surface area (Å²) in [6, 6.07) is 5.23. The summed E-state index contributed by atoms with van der Waals surface area (Å²) < 4.78 is 0. The summed E-state index contributed by atoms with van der Waals surface area (Å²) in [5.74, 6) is 0.365. The fourth-order valence-electron chi connectivity index (χ4n) is 1.85. The summed E-state index contributed by atoms with van der Waals surface area (Å²) in [7, 11) is 0. The van der Waals surface area contributed by atoms with Gasteiger partial charge in [-0.25, -0.2) is 0 Å². The first-order chi connectivity index (χ1) is 8.76. The Morgan fingerprint density at radius 2 is 2.17 bits per heavy atom. The fourth-order valence-corrected chi connectivity index (χ4v) is 1.85. The monoisotopic (exact) mass is 244 g/mol. The lowest BCUT2D eigenvalue weighted by Gasteiger charge is -2.04. The van der Waals surface area contributed by atoms with Crippen molar-refractivity contribution in [2.24, 2.45) is 0 Å². The molecule has 2 N–H and O–H groups in total. The number of aryl methyl sites for hydroxylation is 1. The van der Waals surface area contributed by atoms with Crippen molar-refractivity contribution < 1.29 is 4.79 Å². The summed E-state index contributed by atoms with van der Waals surface area (Å²) in [6.45, 7) is 4.09. The van der Waals surface area contributed by atoms with E-state index >= 15 is 0 Å². The van der Waals surface area contributed by atoms with E-state index in [0.717, 1.165) is 24.1 Å². The maximum absolute atomic E-state index is 12.0. The second-order valence-corrected chi connectivity index (χ2v) is 3.91. The molecule has 2 heterocycles. The summed E-state index contributed by atoms with van der Waals surface area (Å²) in [5, 5.41) is 9.87. The highest BCUT2D eigenvalue weighted by molar-refractivity contribution is 6.02. The Balaban J connectivity index is 2.19. The number of H-pyrrole nitrogens is 1. The molecule has 0 unspecified atom stereocenters. The number of hydrogen-bond donors (Lipinski definition) is 2. The predicted octanol–water partition coefficient (Wildman–Crippen LogP) is 2.18. The third kappa shape index (κ3) is 2.40. The van der Waals surface area contributed by atoms with Crippen LogP contribution in [0.5, 0.6) is 0 Å². The highest BCUT2D eigenvalue weighted by Gasteiger charge is 2.14. The van der Waals surface area contributed by atoms with E-state index in [1.54, 1.807) is 24.4 Å². The minimum Gasteiger partial charge on any atom is -0.303 e. The molecule has 0 saturated heterocycles. The molecule has 0 spiro atoms. The van der Waals surface area contributed by atoms with Gasteiger partial charge in [0.25, 0.3) is 5.91 Å². The molecule has 0 saturated carbocycles. The SMILES string of the molecule is CCc1[nH]nc(NC(=O)c2ccccn2)c1CC. The van der Waals surface area contributed by atoms with E-state index in [2.05, 4.69) is 27.4 Å². The topological polar surface area (TPSA) is 70.7 Å². The van der Waals surface area contributed by atoms with Gasteiger partial charge in [0, 0.05) is 17.5 Å². The first-order valence-corrected chi connectivity index (χ1v) is 6.04. The quantitative estimate of drug-likeness (QED) is 0.866. The summed E-state index contributed by atoms with van der Waals surface area (Å²) >= 11 is 0. The Morgan fingerprint density at radius 1 is 1.33 bits per heavy atom. The average molecular weight is 244 g/mol. The van der Waals surface area contributed by atoms with Crippen molar-refractivity contribution in [3.8, 4) is 0 Å². The van der Waals surface area contributed by atoms with Crippen molar-refractivity contribution in [1.82, 2.24) is 15.2 Å². The Labute approximate surface area is 106 Å². The van der Waals surface area contributed by atoms with Gasteiger partial charge >= 0.3 is 0 Å². The Kier molecular flexibility index (Phi) is 3.72. The number of hydrogen-bond acceptors (Lipinski definition) is 3. The van der Waals surface area contributed by atoms with E-state index in [4.69, 9.17) is 0 Å². The van der Waals surface area contributed by atoms with Crippen molar-refractivity contribution in [2.45, 2.75) is 26.7 Å². The molecular weight excluding hydrogens is 228 g/mol. The largest absolute Gasteiger partial charge is 0.303 e. The number of pyridine rings is 1. The molecule has 0 atom stereocenters. The lowest BCUT2D eigenvalue weighted by Crippen LogP contribution is -2.14. The molecule has 0 aliphatic rings. The highest BCUT2D eigenvalue weighted by atomic mass is 16.1. The van der Waals surface area contributed by atoms with Crippen LogP contribution >= 0.6 is 0 Å². The molecule has 2 aromatic heterocycles. The van der Waals surface area contributed by atoms with E-state index in [-0.39, 0.29) is 5.91 Å². The molecule has 0 aromatic carbocycles. The highest BCUT2D eigenvalue weighted by Crippen LogP contribution is 2.18. The Bertz CT molecular complexity index is 533. The Hall–Kier alpha value is -2.17. The number of nitrogens with zero attached hydrogens (tertiary/aromatic N) is 2. The van der Waals surface area contributed by atoms with Gasteiger partial charge in [0.15, 0.2) is 5.82 Å². The lowest BCUT2D eigenvalue weighted by atomic mass is 10.1. The minimum absolute atomic E-state index is 0.237. The van der Waals surface area contributed by atoms with Crippen LogP contribution in [0.15, 0.2) is 24.4 Å². The molecule has 94 valence electrons. The van der Waals surface area contributed by atoms with Crippen molar-refractivity contribution in [1.29, 1.82) is 0 Å². The predicted molar refractivity (Wildman–Crippen MR) is 69.5 cm³/mol. The number of carbonyl (C=O) groups is 1. The zero-order chi connectivity index (χ0) is 13.0. The molecular formula is C13H16N4O. The van der Waals surface area contributed by atoms with Crippen molar-refractivity contribution in [2.75, 3.05) is 5.32 Å². The van der Waals surface area contributed by atoms with Gasteiger partial charge in [0.1, 0.15) is 5.69 Å². The summed E-state index contributed by atoms with van der Waals surface area (Å²) in [5.41, 5.74) is 2.51. The van der Waals surface area contributed by atoms with E-state index in [9.17, 15) is 4.79 Å². The summed E-state index contributed by atoms with van der Waals surface area (Å²) in [6.07, 6.45) is 3.30. The van der Waals surface area contributed by atoms with Crippen molar-refractivity contribution in [3.05, 3.63) is 41.3 Å². The molecule has 0 aliphatic heterocycles. The van der Waals surface area contributed by atoms with Gasteiger partial charge < -0.3 is 5.32 Å². The zero-order valence-electron chi connectivity index (χ0n) is 10.5. The number of amides is 1. The van der Waals surface area contributed by atoms with Crippen LogP contribution in [-0.4, -0.2) is 21.1 Å². The van der Waals surface area contributed by atoms with Gasteiger partial charge in [-0.05, 0) is 25.0 Å². The molecule has 0 fully saturated rings. The standard InChI is InChI=1S/C13H16N4O/c1-3-9-10(4-2)16-17-12(9)15-13(18)11-7-5-6-8-14-11/h5-8H,3-4H2,1-2H3,(H2,15,16,17,18). The third-order valence-electron chi connectivity index (χ3n) is 2.79. The van der Waals surface area contributed by atoms with E-state index < -0.39 is 0 Å². The molecule has 18 heavy (non-hydrogen) atoms. The first-order valence-electron chi connectivity index (χ1n) is 6.04.